The van der Waals surface area contributed by atoms with Gasteiger partial charge in [0.1, 0.15) is 23.3 Å². The number of nitrogens with zero attached hydrogens (tertiary/aromatic N) is 1. The maximum absolute atomic E-state index is 14.3. The molecule has 0 unspecified atom stereocenters. The number of carbonyl (C=O) groups excluding carboxylic acids is 2. The summed E-state index contributed by atoms with van der Waals surface area (Å²) in [5.74, 6) is 7.00. The van der Waals surface area contributed by atoms with Gasteiger partial charge in [0.15, 0.2) is 11.6 Å². The minimum Gasteiger partial charge on any atom is -0.453 e. The first kappa shape index (κ1) is 30.1. The number of carbonyl (C=O) groups is 2. The molecule has 2 aromatic carbocycles. The van der Waals surface area contributed by atoms with Crippen LogP contribution in [0.1, 0.15) is 37.0 Å². The summed E-state index contributed by atoms with van der Waals surface area (Å²) in [6.07, 6.45) is 6.88. The number of anilines is 2. The Balaban J connectivity index is 0.000000207. The van der Waals surface area contributed by atoms with Gasteiger partial charge in [-0.15, -0.1) is 11.3 Å². The molecule has 0 bridgehead atoms. The number of pyridine rings is 1. The molecule has 3 N–H and O–H groups in total. The highest BCUT2D eigenvalue weighted by Crippen LogP contribution is 2.44. The van der Waals surface area contributed by atoms with Crippen LogP contribution in [0.3, 0.4) is 0 Å². The number of aromatic nitrogens is 1. The van der Waals surface area contributed by atoms with Gasteiger partial charge in [-0.2, -0.15) is 0 Å². The van der Waals surface area contributed by atoms with Gasteiger partial charge in [0.05, 0.1) is 15.1 Å². The molecule has 2 fully saturated rings. The van der Waals surface area contributed by atoms with Crippen molar-refractivity contribution >= 4 is 45.1 Å². The summed E-state index contributed by atoms with van der Waals surface area (Å²) in [5.41, 5.74) is 1.21. The Morgan fingerprint density at radius 3 is 2.51 bits per heavy atom. The van der Waals surface area contributed by atoms with Gasteiger partial charge in [0.2, 0.25) is 5.91 Å². The topological polar surface area (TPSA) is 92.3 Å². The monoisotopic (exact) mass is 602 g/mol. The quantitative estimate of drug-likeness (QED) is 0.123. The number of aldehydes is 1. The number of thiophene rings is 1. The number of halogens is 2. The Morgan fingerprint density at radius 1 is 1.09 bits per heavy atom. The second-order valence-corrected chi connectivity index (χ2v) is 11.6. The number of nitrogens with one attached hydrogen (secondary N) is 3. The molecule has 6 rings (SSSR count). The molecule has 2 aliphatic rings. The molecule has 3 heterocycles. The third-order valence-electron chi connectivity index (χ3n) is 7.45. The van der Waals surface area contributed by atoms with Gasteiger partial charge in [-0.3, -0.25) is 9.78 Å². The highest BCUT2D eigenvalue weighted by Gasteiger charge is 2.50. The van der Waals surface area contributed by atoms with Crippen molar-refractivity contribution in [2.45, 2.75) is 32.1 Å². The van der Waals surface area contributed by atoms with E-state index < -0.39 is 11.2 Å². The van der Waals surface area contributed by atoms with Crippen molar-refractivity contribution in [3.63, 3.8) is 0 Å². The second-order valence-electron chi connectivity index (χ2n) is 10.6. The van der Waals surface area contributed by atoms with E-state index in [1.807, 2.05) is 6.07 Å². The summed E-state index contributed by atoms with van der Waals surface area (Å²) in [6, 6.07) is 14.0. The predicted molar refractivity (Wildman–Crippen MR) is 165 cm³/mol. The van der Waals surface area contributed by atoms with Crippen molar-refractivity contribution in [3.05, 3.63) is 77.3 Å². The van der Waals surface area contributed by atoms with Gasteiger partial charge in [-0.05, 0) is 87.2 Å². The number of piperidine rings is 1. The highest BCUT2D eigenvalue weighted by molar-refractivity contribution is 7.19. The van der Waals surface area contributed by atoms with Crippen LogP contribution in [0.15, 0.2) is 60.8 Å². The molecule has 0 spiro atoms. The van der Waals surface area contributed by atoms with E-state index in [1.165, 1.54) is 54.5 Å². The lowest BCUT2D eigenvalue weighted by molar-refractivity contribution is -0.126. The van der Waals surface area contributed by atoms with Crippen molar-refractivity contribution < 1.29 is 23.1 Å². The summed E-state index contributed by atoms with van der Waals surface area (Å²) < 4.78 is 33.6. The van der Waals surface area contributed by atoms with Crippen LogP contribution >= 0.6 is 11.3 Å². The zero-order chi connectivity index (χ0) is 30.2. The summed E-state index contributed by atoms with van der Waals surface area (Å²) in [7, 11) is 1.75. The molecule has 1 aliphatic heterocycles. The van der Waals surface area contributed by atoms with Crippen molar-refractivity contribution in [1.29, 1.82) is 0 Å². The van der Waals surface area contributed by atoms with Crippen molar-refractivity contribution in [2.24, 2.45) is 11.3 Å². The van der Waals surface area contributed by atoms with Gasteiger partial charge in [-0.25, -0.2) is 8.78 Å². The lowest BCUT2D eigenvalue weighted by Gasteiger charge is -2.20. The van der Waals surface area contributed by atoms with E-state index in [4.69, 9.17) is 4.74 Å². The Kier molecular flexibility index (Phi) is 9.65. The van der Waals surface area contributed by atoms with E-state index in [0.29, 0.717) is 42.2 Å². The van der Waals surface area contributed by atoms with E-state index >= 15 is 0 Å². The SMILES string of the molecule is CNc1ccc(Oc2ccnc3cc(C#CCC4CCNCC4)sc23)c(F)c1.O=CC1(C(=O)Nc2ccc(F)cc2)CC1. The summed E-state index contributed by atoms with van der Waals surface area (Å²) >= 11 is 1.54. The third kappa shape index (κ3) is 7.74. The molecule has 4 aromatic rings. The lowest BCUT2D eigenvalue weighted by atomic mass is 9.95. The van der Waals surface area contributed by atoms with Crippen molar-refractivity contribution in [3.8, 4) is 23.3 Å². The normalized spacial score (nSPS) is 15.3. The molecule has 7 nitrogen and oxygen atoms in total. The molecular weight excluding hydrogens is 570 g/mol. The molecule has 1 aliphatic carbocycles. The van der Waals surface area contributed by atoms with Crippen LogP contribution in [0.4, 0.5) is 20.2 Å². The van der Waals surface area contributed by atoms with Crippen molar-refractivity contribution in [1.82, 2.24) is 10.3 Å². The first-order chi connectivity index (χ1) is 20.9. The van der Waals surface area contributed by atoms with E-state index in [9.17, 15) is 18.4 Å². The molecule has 1 saturated carbocycles. The fourth-order valence-electron chi connectivity index (χ4n) is 4.60. The smallest absolute Gasteiger partial charge is 0.237 e. The molecule has 1 saturated heterocycles. The lowest BCUT2D eigenvalue weighted by Crippen LogP contribution is -2.27. The molecular formula is C33H32F2N4O3S. The zero-order valence-corrected chi connectivity index (χ0v) is 24.5. The van der Waals surface area contributed by atoms with Gasteiger partial charge in [0, 0.05) is 43.2 Å². The number of amides is 1. The Labute approximate surface area is 253 Å². The van der Waals surface area contributed by atoms with Crippen LogP contribution in [0, 0.1) is 34.8 Å². The van der Waals surface area contributed by atoms with Crippen LogP contribution in [-0.2, 0) is 9.59 Å². The number of rotatable bonds is 7. The zero-order valence-electron chi connectivity index (χ0n) is 23.7. The Hall–Kier alpha value is -4.33. The standard InChI is InChI=1S/C22H22FN3OS.C11H10FNO2/c1-24-16-5-6-20(18(23)13-16)27-21-9-12-26-19-14-17(28-22(19)21)4-2-3-15-7-10-25-11-8-15;12-8-1-3-9(4-2-8)13-10(15)11(7-14)5-6-11/h5-6,9,12-15,24-25H,3,7-8,10-11H2,1H3;1-4,7H,5-6H2,(H,13,15). The molecule has 0 radical (unpaired) electrons. The largest absolute Gasteiger partial charge is 0.453 e. The van der Waals surface area contributed by atoms with Crippen LogP contribution in [-0.4, -0.2) is 37.3 Å². The molecule has 1 amide bonds. The first-order valence-electron chi connectivity index (χ1n) is 14.2. The molecule has 43 heavy (non-hydrogen) atoms. The van der Waals surface area contributed by atoms with Gasteiger partial charge >= 0.3 is 0 Å². The van der Waals surface area contributed by atoms with Crippen LogP contribution in [0.5, 0.6) is 11.5 Å². The molecule has 2 aromatic heterocycles. The van der Waals surface area contributed by atoms with E-state index in [1.54, 1.807) is 31.4 Å². The molecule has 222 valence electrons. The average molecular weight is 603 g/mol. The maximum atomic E-state index is 14.3. The van der Waals surface area contributed by atoms with Gasteiger partial charge in [-0.1, -0.05) is 11.8 Å². The molecule has 10 heteroatoms. The number of benzene rings is 2. The fourth-order valence-corrected chi connectivity index (χ4v) is 5.54. The maximum Gasteiger partial charge on any atom is 0.237 e. The van der Waals surface area contributed by atoms with Gasteiger partial charge < -0.3 is 25.5 Å². The van der Waals surface area contributed by atoms with Gasteiger partial charge in [0.25, 0.3) is 0 Å². The number of ether oxygens (including phenoxy) is 1. The Bertz CT molecular complexity index is 1650. The van der Waals surface area contributed by atoms with E-state index in [0.717, 1.165) is 34.6 Å². The predicted octanol–water partition coefficient (Wildman–Crippen LogP) is 6.75. The third-order valence-corrected chi connectivity index (χ3v) is 8.50. The van der Waals surface area contributed by atoms with E-state index in [2.05, 4.69) is 32.8 Å². The highest BCUT2D eigenvalue weighted by atomic mass is 32.1. The van der Waals surface area contributed by atoms with E-state index in [-0.39, 0.29) is 17.5 Å². The summed E-state index contributed by atoms with van der Waals surface area (Å²) in [6.45, 7) is 2.18. The Morgan fingerprint density at radius 2 is 1.84 bits per heavy atom. The van der Waals surface area contributed by atoms with Crippen molar-refractivity contribution in [2.75, 3.05) is 30.8 Å². The average Bonchev–Trinajstić information content (AvgIpc) is 3.72. The minimum absolute atomic E-state index is 0.193. The van der Waals surface area contributed by atoms with Crippen LogP contribution < -0.4 is 20.7 Å². The minimum atomic E-state index is -0.825. The number of hydrogen-bond acceptors (Lipinski definition) is 7. The summed E-state index contributed by atoms with van der Waals surface area (Å²) in [5, 5.41) is 8.88. The van der Waals surface area contributed by atoms with Crippen LogP contribution in [0.25, 0.3) is 10.2 Å². The fraction of sp³-hybridized carbons (Fsp3) is 0.303. The first-order valence-corrected chi connectivity index (χ1v) is 15.0. The number of fused-ring (bicyclic) bond motifs is 1. The summed E-state index contributed by atoms with van der Waals surface area (Å²) in [4.78, 5) is 27.6. The molecule has 0 atom stereocenters. The number of hydrogen-bond donors (Lipinski definition) is 3. The second kappa shape index (κ2) is 13.8. The van der Waals surface area contributed by atoms with Crippen LogP contribution in [0.2, 0.25) is 0 Å².